The van der Waals surface area contributed by atoms with Crippen molar-refractivity contribution in [3.8, 4) is 11.4 Å². The zero-order valence-corrected chi connectivity index (χ0v) is 17.9. The van der Waals surface area contributed by atoms with Gasteiger partial charge in [0.2, 0.25) is 0 Å². The normalized spacial score (nSPS) is 11.6. The highest BCUT2D eigenvalue weighted by atomic mass is 35.5. The van der Waals surface area contributed by atoms with Crippen LogP contribution in [0.5, 0.6) is 0 Å². The van der Waals surface area contributed by atoms with Gasteiger partial charge in [0.05, 0.1) is 16.2 Å². The van der Waals surface area contributed by atoms with E-state index in [2.05, 4.69) is 45.0 Å². The van der Waals surface area contributed by atoms with E-state index in [0.29, 0.717) is 10.8 Å². The molecule has 0 spiro atoms. The first-order valence-electron chi connectivity index (χ1n) is 9.70. The molecule has 3 aromatic carbocycles. The third-order valence-electron chi connectivity index (χ3n) is 5.12. The molecule has 146 valence electrons. The van der Waals surface area contributed by atoms with Crippen molar-refractivity contribution in [3.63, 3.8) is 0 Å². The topological polar surface area (TPSA) is 29.0 Å². The van der Waals surface area contributed by atoms with E-state index in [-0.39, 0.29) is 5.41 Å². The van der Waals surface area contributed by atoms with E-state index in [1.165, 1.54) is 5.56 Å². The van der Waals surface area contributed by atoms with Gasteiger partial charge in [0.1, 0.15) is 5.82 Å². The lowest BCUT2D eigenvalue weighted by molar-refractivity contribution is 0.590. The molecule has 1 aromatic heterocycles. The Hall–Kier alpha value is -2.91. The maximum atomic E-state index is 6.45. The molecule has 0 unspecified atom stereocenters. The van der Waals surface area contributed by atoms with Crippen LogP contribution in [-0.2, 0) is 5.41 Å². The van der Waals surface area contributed by atoms with Crippen molar-refractivity contribution < 1.29 is 0 Å². The van der Waals surface area contributed by atoms with Gasteiger partial charge in [-0.25, -0.2) is 9.97 Å². The molecule has 0 bridgehead atoms. The van der Waals surface area contributed by atoms with E-state index < -0.39 is 0 Å². The lowest BCUT2D eigenvalue weighted by Crippen LogP contribution is -2.13. The second-order valence-corrected chi connectivity index (χ2v) is 8.63. The number of aromatic nitrogens is 2. The highest BCUT2D eigenvalue weighted by molar-refractivity contribution is 6.33. The standard InChI is InChI=1S/C25H24ClN3/c1-25(2,3)18-15-13-17(14-16-18)23-27-21-11-7-5-9-19(21)24(28-23)29(4)22-12-8-6-10-20(22)26/h5-16H,1-4H3. The number of hydrogen-bond acceptors (Lipinski definition) is 3. The highest BCUT2D eigenvalue weighted by Gasteiger charge is 2.17. The molecule has 0 saturated carbocycles. The van der Waals surface area contributed by atoms with Gasteiger partial charge in [-0.2, -0.15) is 0 Å². The molecule has 0 aliphatic rings. The Labute approximate surface area is 177 Å². The van der Waals surface area contributed by atoms with Crippen molar-refractivity contribution in [3.05, 3.63) is 83.4 Å². The number of fused-ring (bicyclic) bond motifs is 1. The van der Waals surface area contributed by atoms with Gasteiger partial charge < -0.3 is 4.90 Å². The summed E-state index contributed by atoms with van der Waals surface area (Å²) >= 11 is 6.45. The summed E-state index contributed by atoms with van der Waals surface area (Å²) in [6, 6.07) is 24.4. The summed E-state index contributed by atoms with van der Waals surface area (Å²) in [5.41, 5.74) is 4.21. The molecule has 0 radical (unpaired) electrons. The fourth-order valence-electron chi connectivity index (χ4n) is 3.40. The Bertz CT molecular complexity index is 1160. The largest absolute Gasteiger partial charge is 0.328 e. The van der Waals surface area contributed by atoms with Crippen LogP contribution >= 0.6 is 11.6 Å². The van der Waals surface area contributed by atoms with Gasteiger partial charge in [-0.3, -0.25) is 0 Å². The number of rotatable bonds is 3. The van der Waals surface area contributed by atoms with Crippen LogP contribution in [0.4, 0.5) is 11.5 Å². The van der Waals surface area contributed by atoms with Gasteiger partial charge in [-0.05, 0) is 35.2 Å². The van der Waals surface area contributed by atoms with E-state index in [0.717, 1.165) is 28.0 Å². The van der Waals surface area contributed by atoms with Crippen LogP contribution in [0.25, 0.3) is 22.3 Å². The smallest absolute Gasteiger partial charge is 0.162 e. The fraction of sp³-hybridized carbons (Fsp3) is 0.200. The summed E-state index contributed by atoms with van der Waals surface area (Å²) < 4.78 is 0. The quantitative estimate of drug-likeness (QED) is 0.369. The van der Waals surface area contributed by atoms with Crippen LogP contribution in [0.3, 0.4) is 0 Å². The fourth-order valence-corrected chi connectivity index (χ4v) is 3.66. The van der Waals surface area contributed by atoms with Gasteiger partial charge in [-0.15, -0.1) is 0 Å². The van der Waals surface area contributed by atoms with Crippen LogP contribution in [0.2, 0.25) is 5.02 Å². The van der Waals surface area contributed by atoms with Crippen molar-refractivity contribution in [2.75, 3.05) is 11.9 Å². The molecule has 0 amide bonds. The summed E-state index contributed by atoms with van der Waals surface area (Å²) in [4.78, 5) is 11.8. The van der Waals surface area contributed by atoms with Gasteiger partial charge in [-0.1, -0.05) is 80.9 Å². The minimum atomic E-state index is 0.109. The van der Waals surface area contributed by atoms with Crippen LogP contribution in [0, 0.1) is 0 Å². The van der Waals surface area contributed by atoms with Crippen molar-refractivity contribution in [2.45, 2.75) is 26.2 Å². The minimum Gasteiger partial charge on any atom is -0.328 e. The van der Waals surface area contributed by atoms with Crippen molar-refractivity contribution in [2.24, 2.45) is 0 Å². The van der Waals surface area contributed by atoms with E-state index in [1.807, 2.05) is 60.5 Å². The van der Waals surface area contributed by atoms with Gasteiger partial charge in [0.25, 0.3) is 0 Å². The van der Waals surface area contributed by atoms with Gasteiger partial charge in [0, 0.05) is 18.0 Å². The third-order valence-corrected chi connectivity index (χ3v) is 5.44. The number of para-hydroxylation sites is 2. The first-order chi connectivity index (χ1) is 13.8. The van der Waals surface area contributed by atoms with Crippen molar-refractivity contribution in [1.29, 1.82) is 0 Å². The average molecular weight is 402 g/mol. The molecule has 0 fully saturated rings. The number of nitrogens with zero attached hydrogens (tertiary/aromatic N) is 3. The molecule has 29 heavy (non-hydrogen) atoms. The van der Waals surface area contributed by atoms with Gasteiger partial charge in [0.15, 0.2) is 5.82 Å². The molecule has 1 heterocycles. The Balaban J connectivity index is 1.86. The van der Waals surface area contributed by atoms with E-state index >= 15 is 0 Å². The number of benzene rings is 3. The van der Waals surface area contributed by atoms with Crippen molar-refractivity contribution >= 4 is 34.0 Å². The molecule has 4 heteroatoms. The third kappa shape index (κ3) is 3.83. The molecular weight excluding hydrogens is 378 g/mol. The summed E-state index contributed by atoms with van der Waals surface area (Å²) in [6.45, 7) is 6.64. The minimum absolute atomic E-state index is 0.109. The predicted octanol–water partition coefficient (Wildman–Crippen LogP) is 7.02. The molecule has 4 aromatic rings. The first kappa shape index (κ1) is 19.4. The van der Waals surface area contributed by atoms with Crippen LogP contribution in [-0.4, -0.2) is 17.0 Å². The zero-order chi connectivity index (χ0) is 20.6. The first-order valence-corrected chi connectivity index (χ1v) is 10.1. The van der Waals surface area contributed by atoms with Crippen LogP contribution in [0.1, 0.15) is 26.3 Å². The Morgan fingerprint density at radius 3 is 2.14 bits per heavy atom. The number of halogens is 1. The SMILES string of the molecule is CN(c1ccccc1Cl)c1nc(-c2ccc(C(C)(C)C)cc2)nc2ccccc12. The Morgan fingerprint density at radius 1 is 0.793 bits per heavy atom. The van der Waals surface area contributed by atoms with Gasteiger partial charge >= 0.3 is 0 Å². The lowest BCUT2D eigenvalue weighted by atomic mass is 9.87. The summed E-state index contributed by atoms with van der Waals surface area (Å²) in [6.07, 6.45) is 0. The average Bonchev–Trinajstić information content (AvgIpc) is 2.72. The molecule has 3 nitrogen and oxygen atoms in total. The molecule has 0 aliphatic carbocycles. The Kier molecular flexibility index (Phi) is 5.01. The number of anilines is 2. The zero-order valence-electron chi connectivity index (χ0n) is 17.1. The molecule has 0 N–H and O–H groups in total. The summed E-state index contributed by atoms with van der Waals surface area (Å²) in [5.74, 6) is 1.54. The summed E-state index contributed by atoms with van der Waals surface area (Å²) in [5, 5.41) is 1.68. The molecular formula is C25H24ClN3. The lowest BCUT2D eigenvalue weighted by Gasteiger charge is -2.22. The van der Waals surface area contributed by atoms with E-state index in [4.69, 9.17) is 21.6 Å². The Morgan fingerprint density at radius 2 is 1.45 bits per heavy atom. The molecule has 0 aliphatic heterocycles. The summed E-state index contributed by atoms with van der Waals surface area (Å²) in [7, 11) is 1.99. The number of hydrogen-bond donors (Lipinski definition) is 0. The monoisotopic (exact) mass is 401 g/mol. The highest BCUT2D eigenvalue weighted by Crippen LogP contribution is 2.34. The van der Waals surface area contributed by atoms with Crippen LogP contribution in [0.15, 0.2) is 72.8 Å². The van der Waals surface area contributed by atoms with E-state index in [1.54, 1.807) is 0 Å². The van der Waals surface area contributed by atoms with Crippen LogP contribution < -0.4 is 4.90 Å². The maximum absolute atomic E-state index is 6.45. The van der Waals surface area contributed by atoms with E-state index in [9.17, 15) is 0 Å². The molecule has 4 rings (SSSR count). The second kappa shape index (κ2) is 7.49. The van der Waals surface area contributed by atoms with Crippen molar-refractivity contribution in [1.82, 2.24) is 9.97 Å². The molecule has 0 atom stereocenters. The molecule has 0 saturated heterocycles. The second-order valence-electron chi connectivity index (χ2n) is 8.23. The maximum Gasteiger partial charge on any atom is 0.162 e. The predicted molar refractivity (Wildman–Crippen MR) is 123 cm³/mol.